The van der Waals surface area contributed by atoms with E-state index in [1.165, 1.54) is 0 Å². The number of rotatable bonds is 12. The van der Waals surface area contributed by atoms with Gasteiger partial charge in [-0.05, 0) is 55.4 Å². The summed E-state index contributed by atoms with van der Waals surface area (Å²) in [4.78, 5) is 23.0. The van der Waals surface area contributed by atoms with Crippen LogP contribution in [0, 0.1) is 5.82 Å². The Balaban J connectivity index is 1.41. The molecule has 0 unspecified atom stereocenters. The maximum absolute atomic E-state index is 14.4. The molecule has 3 N–H and O–H groups in total. The third kappa shape index (κ3) is 7.14. The van der Waals surface area contributed by atoms with Crippen molar-refractivity contribution in [1.29, 1.82) is 0 Å². The number of benzene rings is 2. The molecule has 2 aromatic heterocycles. The Hall–Kier alpha value is -3.76. The van der Waals surface area contributed by atoms with Crippen LogP contribution in [-0.2, 0) is 11.2 Å². The first kappa shape index (κ1) is 26.3. The van der Waals surface area contributed by atoms with Gasteiger partial charge in [-0.15, -0.1) is 0 Å². The predicted molar refractivity (Wildman–Crippen MR) is 143 cm³/mol. The third-order valence-corrected chi connectivity index (χ3v) is 6.08. The highest BCUT2D eigenvalue weighted by molar-refractivity contribution is 6.30. The Morgan fingerprint density at radius 2 is 1.92 bits per heavy atom. The number of nitrogens with one attached hydrogen (secondary N) is 3. The minimum atomic E-state index is -0.612. The first-order chi connectivity index (χ1) is 17.9. The Bertz CT molecular complexity index is 1340. The molecule has 0 aliphatic heterocycles. The number of halogens is 2. The highest BCUT2D eigenvalue weighted by Crippen LogP contribution is 2.27. The summed E-state index contributed by atoms with van der Waals surface area (Å²) in [6, 6.07) is 12.5. The summed E-state index contributed by atoms with van der Waals surface area (Å²) in [6.07, 6.45) is 2.07. The Morgan fingerprint density at radius 1 is 1.14 bits per heavy atom. The maximum atomic E-state index is 14.4. The SMILES string of the molecule is CCN(CC)CCCOc1ncc(F)c(Nc2ccc3[nH]nc(NC(=O)Cc4ccc(Cl)cc4)c3c2)n1. The number of H-pyrrole nitrogens is 1. The summed E-state index contributed by atoms with van der Waals surface area (Å²) in [5, 5.41) is 14.2. The molecule has 0 bridgehead atoms. The summed E-state index contributed by atoms with van der Waals surface area (Å²) in [6.45, 7) is 7.53. The molecule has 0 aliphatic rings. The van der Waals surface area contributed by atoms with Crippen LogP contribution in [0.15, 0.2) is 48.7 Å². The molecule has 4 aromatic rings. The lowest BCUT2D eigenvalue weighted by molar-refractivity contribution is -0.115. The van der Waals surface area contributed by atoms with Crippen molar-refractivity contribution < 1.29 is 13.9 Å². The predicted octanol–water partition coefficient (Wildman–Crippen LogP) is 5.18. The van der Waals surface area contributed by atoms with Crippen LogP contribution in [0.25, 0.3) is 10.9 Å². The van der Waals surface area contributed by atoms with E-state index in [-0.39, 0.29) is 24.2 Å². The molecule has 11 heteroatoms. The summed E-state index contributed by atoms with van der Waals surface area (Å²) in [7, 11) is 0. The second-order valence-corrected chi connectivity index (χ2v) is 8.82. The molecule has 2 aromatic carbocycles. The summed E-state index contributed by atoms with van der Waals surface area (Å²) >= 11 is 5.91. The molecule has 37 heavy (non-hydrogen) atoms. The van der Waals surface area contributed by atoms with Gasteiger partial charge in [0.2, 0.25) is 5.91 Å². The van der Waals surface area contributed by atoms with E-state index in [0.29, 0.717) is 34.0 Å². The molecule has 194 valence electrons. The van der Waals surface area contributed by atoms with Crippen LogP contribution in [0.4, 0.5) is 21.7 Å². The molecule has 0 radical (unpaired) electrons. The fourth-order valence-electron chi connectivity index (χ4n) is 3.79. The molecular formula is C26H29ClFN7O2. The van der Waals surface area contributed by atoms with Gasteiger partial charge in [0.05, 0.1) is 24.7 Å². The van der Waals surface area contributed by atoms with Crippen LogP contribution in [0.1, 0.15) is 25.8 Å². The smallest absolute Gasteiger partial charge is 0.318 e. The average molecular weight is 526 g/mol. The number of amides is 1. The number of carbonyl (C=O) groups excluding carboxylic acids is 1. The minimum Gasteiger partial charge on any atom is -0.463 e. The molecule has 4 rings (SSSR count). The molecule has 0 atom stereocenters. The van der Waals surface area contributed by atoms with E-state index < -0.39 is 5.82 Å². The number of carbonyl (C=O) groups is 1. The summed E-state index contributed by atoms with van der Waals surface area (Å²) in [5.74, 6) is -0.471. The molecular weight excluding hydrogens is 497 g/mol. The van der Waals surface area contributed by atoms with Gasteiger partial charge in [-0.25, -0.2) is 9.37 Å². The average Bonchev–Trinajstić information content (AvgIpc) is 3.29. The second-order valence-electron chi connectivity index (χ2n) is 8.39. The van der Waals surface area contributed by atoms with Crippen LogP contribution >= 0.6 is 11.6 Å². The Kier molecular flexibility index (Phi) is 8.86. The summed E-state index contributed by atoms with van der Waals surface area (Å²) in [5.41, 5.74) is 2.11. The van der Waals surface area contributed by atoms with E-state index in [4.69, 9.17) is 16.3 Å². The van der Waals surface area contributed by atoms with Crippen molar-refractivity contribution >= 4 is 45.7 Å². The number of ether oxygens (including phenoxy) is 1. The lowest BCUT2D eigenvalue weighted by Gasteiger charge is -2.17. The Morgan fingerprint density at radius 3 is 2.68 bits per heavy atom. The van der Waals surface area contributed by atoms with Gasteiger partial charge in [0.25, 0.3) is 0 Å². The van der Waals surface area contributed by atoms with Gasteiger partial charge in [-0.1, -0.05) is 37.6 Å². The number of aromatic amines is 1. The van der Waals surface area contributed by atoms with Crippen LogP contribution < -0.4 is 15.4 Å². The van der Waals surface area contributed by atoms with Crippen molar-refractivity contribution in [1.82, 2.24) is 25.1 Å². The number of aromatic nitrogens is 4. The van der Waals surface area contributed by atoms with Gasteiger partial charge in [-0.2, -0.15) is 10.1 Å². The number of hydrogen-bond acceptors (Lipinski definition) is 7. The van der Waals surface area contributed by atoms with E-state index in [1.807, 2.05) is 0 Å². The van der Waals surface area contributed by atoms with Gasteiger partial charge in [0, 0.05) is 22.6 Å². The van der Waals surface area contributed by atoms with Gasteiger partial charge < -0.3 is 20.3 Å². The first-order valence-corrected chi connectivity index (χ1v) is 12.5. The maximum Gasteiger partial charge on any atom is 0.318 e. The molecule has 0 saturated heterocycles. The van der Waals surface area contributed by atoms with Crippen molar-refractivity contribution in [2.24, 2.45) is 0 Å². The van der Waals surface area contributed by atoms with E-state index in [0.717, 1.165) is 37.8 Å². The van der Waals surface area contributed by atoms with E-state index in [1.54, 1.807) is 42.5 Å². The highest BCUT2D eigenvalue weighted by Gasteiger charge is 2.13. The van der Waals surface area contributed by atoms with Crippen molar-refractivity contribution in [3.63, 3.8) is 0 Å². The van der Waals surface area contributed by atoms with Crippen molar-refractivity contribution in [3.05, 3.63) is 65.1 Å². The molecule has 2 heterocycles. The highest BCUT2D eigenvalue weighted by atomic mass is 35.5. The Labute approximate surface area is 219 Å². The number of nitrogens with zero attached hydrogens (tertiary/aromatic N) is 4. The van der Waals surface area contributed by atoms with Crippen LogP contribution in [0.2, 0.25) is 5.02 Å². The minimum absolute atomic E-state index is 0.00934. The van der Waals surface area contributed by atoms with Crippen LogP contribution in [-0.4, -0.2) is 57.2 Å². The topological polar surface area (TPSA) is 108 Å². The van der Waals surface area contributed by atoms with E-state index in [2.05, 4.69) is 49.5 Å². The molecule has 1 amide bonds. The number of hydrogen-bond donors (Lipinski definition) is 3. The fourth-order valence-corrected chi connectivity index (χ4v) is 3.91. The summed E-state index contributed by atoms with van der Waals surface area (Å²) < 4.78 is 20.1. The largest absolute Gasteiger partial charge is 0.463 e. The van der Waals surface area contributed by atoms with Crippen LogP contribution in [0.5, 0.6) is 6.01 Å². The van der Waals surface area contributed by atoms with E-state index >= 15 is 0 Å². The quantitative estimate of drug-likeness (QED) is 0.219. The zero-order valence-electron chi connectivity index (χ0n) is 20.7. The molecule has 0 spiro atoms. The molecule has 0 saturated carbocycles. The van der Waals surface area contributed by atoms with Crippen LogP contribution in [0.3, 0.4) is 0 Å². The lowest BCUT2D eigenvalue weighted by Crippen LogP contribution is -2.25. The molecule has 9 nitrogen and oxygen atoms in total. The van der Waals surface area contributed by atoms with Gasteiger partial charge in [0.1, 0.15) is 0 Å². The number of fused-ring (bicyclic) bond motifs is 1. The van der Waals surface area contributed by atoms with E-state index in [9.17, 15) is 9.18 Å². The van der Waals surface area contributed by atoms with Crippen molar-refractivity contribution in [2.75, 3.05) is 36.9 Å². The van der Waals surface area contributed by atoms with Crippen molar-refractivity contribution in [3.8, 4) is 6.01 Å². The lowest BCUT2D eigenvalue weighted by atomic mass is 10.1. The van der Waals surface area contributed by atoms with Crippen molar-refractivity contribution in [2.45, 2.75) is 26.7 Å². The van der Waals surface area contributed by atoms with Gasteiger partial charge in [0.15, 0.2) is 17.5 Å². The van der Waals surface area contributed by atoms with Gasteiger partial charge >= 0.3 is 6.01 Å². The first-order valence-electron chi connectivity index (χ1n) is 12.1. The fraction of sp³-hybridized carbons (Fsp3) is 0.308. The molecule has 0 fully saturated rings. The monoisotopic (exact) mass is 525 g/mol. The number of anilines is 3. The van der Waals surface area contributed by atoms with Gasteiger partial charge in [-0.3, -0.25) is 9.89 Å². The zero-order valence-corrected chi connectivity index (χ0v) is 21.5. The molecule has 0 aliphatic carbocycles. The third-order valence-electron chi connectivity index (χ3n) is 5.83. The standard InChI is InChI=1S/C26H29ClFN7O2/c1-3-35(4-2)12-5-13-37-26-29-16-21(28)25(32-26)30-19-10-11-22-20(15-19)24(34-33-22)31-23(36)14-17-6-8-18(27)9-7-17/h6-11,15-16H,3-5,12-14H2,1-2H3,(H,29,30,32)(H2,31,33,34,36). The normalized spacial score (nSPS) is 11.2. The second kappa shape index (κ2) is 12.5. The zero-order chi connectivity index (χ0) is 26.2.